The van der Waals surface area contributed by atoms with E-state index in [4.69, 9.17) is 4.74 Å². The maximum Gasteiger partial charge on any atom is 0.0647 e. The van der Waals surface area contributed by atoms with Gasteiger partial charge in [-0.1, -0.05) is 32.1 Å². The Morgan fingerprint density at radius 2 is 2.00 bits per heavy atom. The lowest BCUT2D eigenvalue weighted by molar-refractivity contribution is 0.149. The van der Waals surface area contributed by atoms with Crippen LogP contribution in [-0.4, -0.2) is 13.2 Å². The molecule has 0 bridgehead atoms. The van der Waals surface area contributed by atoms with Crippen LogP contribution in [0.15, 0.2) is 24.8 Å². The lowest BCUT2D eigenvalue weighted by atomic mass is 10.1. The molecule has 1 heteroatoms. The van der Waals surface area contributed by atoms with Crippen LogP contribution in [0.5, 0.6) is 0 Å². The summed E-state index contributed by atoms with van der Waals surface area (Å²) < 4.78 is 5.44. The largest absolute Gasteiger partial charge is 0.377 e. The smallest absolute Gasteiger partial charge is 0.0647 e. The molecule has 0 radical (unpaired) electrons. The molecular weight excluding hydrogens is 172 g/mol. The molecule has 0 saturated heterocycles. The average Bonchev–Trinajstić information content (AvgIpc) is 2.15. The van der Waals surface area contributed by atoms with E-state index in [1.165, 1.54) is 6.42 Å². The molecule has 0 aliphatic heterocycles. The predicted molar refractivity (Wildman–Crippen MR) is 63.5 cm³/mol. The lowest BCUT2D eigenvalue weighted by Gasteiger charge is -2.03. The Balaban J connectivity index is 3.07. The van der Waals surface area contributed by atoms with Crippen LogP contribution in [0, 0.1) is 5.92 Å². The van der Waals surface area contributed by atoms with Gasteiger partial charge < -0.3 is 4.74 Å². The van der Waals surface area contributed by atoms with Crippen LogP contribution in [0.25, 0.3) is 0 Å². The van der Waals surface area contributed by atoms with Gasteiger partial charge in [0.05, 0.1) is 6.61 Å². The molecule has 82 valence electrons. The van der Waals surface area contributed by atoms with Gasteiger partial charge in [-0.15, -0.1) is 6.58 Å². The van der Waals surface area contributed by atoms with Crippen molar-refractivity contribution >= 4 is 0 Å². The van der Waals surface area contributed by atoms with Crippen molar-refractivity contribution in [2.75, 3.05) is 13.2 Å². The Kier molecular flexibility index (Phi) is 10.1. The second kappa shape index (κ2) is 10.5. The summed E-state index contributed by atoms with van der Waals surface area (Å²) in [6.07, 6.45) is 10.9. The van der Waals surface area contributed by atoms with Crippen molar-refractivity contribution in [1.29, 1.82) is 0 Å². The number of allylic oxidation sites excluding steroid dienone is 2. The molecule has 0 atom stereocenters. The highest BCUT2D eigenvalue weighted by Crippen LogP contribution is 1.99. The number of unbranched alkanes of at least 4 members (excludes halogenated alkanes) is 2. The van der Waals surface area contributed by atoms with Gasteiger partial charge >= 0.3 is 0 Å². The minimum absolute atomic E-state index is 0.742. The Morgan fingerprint density at radius 3 is 2.64 bits per heavy atom. The monoisotopic (exact) mass is 196 g/mol. The van der Waals surface area contributed by atoms with E-state index in [1.54, 1.807) is 0 Å². The maximum absolute atomic E-state index is 5.44. The normalized spacial score (nSPS) is 11.4. The second-order valence-electron chi connectivity index (χ2n) is 3.95. The van der Waals surface area contributed by atoms with Crippen LogP contribution in [0.4, 0.5) is 0 Å². The molecule has 0 aromatic heterocycles. The molecule has 0 fully saturated rings. The quantitative estimate of drug-likeness (QED) is 0.400. The first kappa shape index (κ1) is 13.4. The first-order valence-corrected chi connectivity index (χ1v) is 5.61. The first-order chi connectivity index (χ1) is 6.77. The molecule has 0 spiro atoms. The molecule has 0 aliphatic rings. The summed E-state index contributed by atoms with van der Waals surface area (Å²) in [4.78, 5) is 0. The van der Waals surface area contributed by atoms with Gasteiger partial charge in [-0.2, -0.15) is 0 Å². The molecule has 0 heterocycles. The standard InChI is InChI=1S/C13H24O/c1-4-5-6-7-8-9-11-14-12-10-13(2)3/h4,8-9,13H,1,5-7,10-12H2,2-3H3. The van der Waals surface area contributed by atoms with Crippen LogP contribution in [0.2, 0.25) is 0 Å². The lowest BCUT2D eigenvalue weighted by Crippen LogP contribution is -1.98. The zero-order valence-electron chi connectivity index (χ0n) is 9.67. The van der Waals surface area contributed by atoms with Crippen molar-refractivity contribution in [3.8, 4) is 0 Å². The fraction of sp³-hybridized carbons (Fsp3) is 0.692. The van der Waals surface area contributed by atoms with E-state index in [-0.39, 0.29) is 0 Å². The Labute approximate surface area is 88.9 Å². The van der Waals surface area contributed by atoms with Gasteiger partial charge in [0.25, 0.3) is 0 Å². The van der Waals surface area contributed by atoms with Crippen molar-refractivity contribution < 1.29 is 4.74 Å². The molecule has 0 saturated carbocycles. The van der Waals surface area contributed by atoms with Crippen LogP contribution < -0.4 is 0 Å². The third kappa shape index (κ3) is 11.4. The minimum Gasteiger partial charge on any atom is -0.377 e. The van der Waals surface area contributed by atoms with Gasteiger partial charge in [0.2, 0.25) is 0 Å². The summed E-state index contributed by atoms with van der Waals surface area (Å²) in [5.74, 6) is 0.742. The van der Waals surface area contributed by atoms with E-state index in [2.05, 4.69) is 32.6 Å². The van der Waals surface area contributed by atoms with Gasteiger partial charge in [0, 0.05) is 6.61 Å². The number of ether oxygens (including phenoxy) is 1. The van der Waals surface area contributed by atoms with Crippen molar-refractivity contribution in [3.63, 3.8) is 0 Å². The van der Waals surface area contributed by atoms with E-state index in [9.17, 15) is 0 Å². The van der Waals surface area contributed by atoms with Crippen LogP contribution in [0.1, 0.15) is 39.5 Å². The van der Waals surface area contributed by atoms with E-state index in [0.29, 0.717) is 0 Å². The summed E-state index contributed by atoms with van der Waals surface area (Å²) in [6.45, 7) is 9.77. The van der Waals surface area contributed by atoms with E-state index in [1.807, 2.05) is 6.08 Å². The fourth-order valence-corrected chi connectivity index (χ4v) is 1.04. The zero-order chi connectivity index (χ0) is 10.6. The van der Waals surface area contributed by atoms with Crippen molar-refractivity contribution in [1.82, 2.24) is 0 Å². The molecular formula is C13H24O. The Hall–Kier alpha value is -0.560. The zero-order valence-corrected chi connectivity index (χ0v) is 9.67. The fourth-order valence-electron chi connectivity index (χ4n) is 1.04. The highest BCUT2D eigenvalue weighted by molar-refractivity contribution is 4.82. The number of hydrogen-bond acceptors (Lipinski definition) is 1. The summed E-state index contributed by atoms with van der Waals surface area (Å²) in [5, 5.41) is 0. The van der Waals surface area contributed by atoms with Gasteiger partial charge in [0.15, 0.2) is 0 Å². The summed E-state index contributed by atoms with van der Waals surface area (Å²) in [6, 6.07) is 0. The van der Waals surface area contributed by atoms with Gasteiger partial charge in [0.1, 0.15) is 0 Å². The average molecular weight is 196 g/mol. The highest BCUT2D eigenvalue weighted by atomic mass is 16.5. The van der Waals surface area contributed by atoms with Crippen LogP contribution >= 0.6 is 0 Å². The third-order valence-corrected chi connectivity index (χ3v) is 2.00. The molecule has 0 aliphatic carbocycles. The van der Waals surface area contributed by atoms with Crippen LogP contribution in [-0.2, 0) is 4.74 Å². The predicted octanol–water partition coefficient (Wildman–Crippen LogP) is 3.96. The molecule has 0 aromatic rings. The molecule has 0 unspecified atom stereocenters. The number of rotatable bonds is 9. The highest BCUT2D eigenvalue weighted by Gasteiger charge is 1.91. The SMILES string of the molecule is C=CCCCC=CCOCCC(C)C. The van der Waals surface area contributed by atoms with Gasteiger partial charge in [-0.05, 0) is 31.6 Å². The minimum atomic E-state index is 0.742. The van der Waals surface area contributed by atoms with Gasteiger partial charge in [-0.3, -0.25) is 0 Å². The molecule has 0 aromatic carbocycles. The molecule has 0 N–H and O–H groups in total. The van der Waals surface area contributed by atoms with E-state index in [0.717, 1.165) is 38.4 Å². The van der Waals surface area contributed by atoms with Crippen molar-refractivity contribution in [2.24, 2.45) is 5.92 Å². The molecule has 0 rings (SSSR count). The Bertz CT molecular complexity index is 147. The Morgan fingerprint density at radius 1 is 1.21 bits per heavy atom. The van der Waals surface area contributed by atoms with E-state index < -0.39 is 0 Å². The second-order valence-corrected chi connectivity index (χ2v) is 3.95. The van der Waals surface area contributed by atoms with Gasteiger partial charge in [-0.25, -0.2) is 0 Å². The topological polar surface area (TPSA) is 9.23 Å². The summed E-state index contributed by atoms with van der Waals surface area (Å²) in [7, 11) is 0. The van der Waals surface area contributed by atoms with Crippen LogP contribution in [0.3, 0.4) is 0 Å². The molecule has 14 heavy (non-hydrogen) atoms. The number of hydrogen-bond donors (Lipinski definition) is 0. The van der Waals surface area contributed by atoms with Crippen molar-refractivity contribution in [2.45, 2.75) is 39.5 Å². The molecule has 1 nitrogen and oxygen atoms in total. The van der Waals surface area contributed by atoms with E-state index >= 15 is 0 Å². The summed E-state index contributed by atoms with van der Waals surface area (Å²) in [5.41, 5.74) is 0. The maximum atomic E-state index is 5.44. The first-order valence-electron chi connectivity index (χ1n) is 5.61. The summed E-state index contributed by atoms with van der Waals surface area (Å²) >= 11 is 0. The third-order valence-electron chi connectivity index (χ3n) is 2.00. The van der Waals surface area contributed by atoms with Crippen molar-refractivity contribution in [3.05, 3.63) is 24.8 Å². The molecule has 0 amide bonds.